The van der Waals surface area contributed by atoms with Gasteiger partial charge in [-0.05, 0) is 49.1 Å². The highest BCUT2D eigenvalue weighted by Crippen LogP contribution is 2.36. The first kappa shape index (κ1) is 58.5. The largest absolute Gasteiger partial charge is 0.479 e. The molecule has 0 radical (unpaired) electrons. The Hall–Kier alpha value is -5.76. The molecule has 75 heavy (non-hydrogen) atoms. The van der Waals surface area contributed by atoms with Crippen LogP contribution in [-0.4, -0.2) is 168 Å². The predicted octanol–water partition coefficient (Wildman–Crippen LogP) is -0.389. The maximum Gasteiger partial charge on any atom is 0.416 e. The number of ketones is 1. The third-order valence-electron chi connectivity index (χ3n) is 12.2. The molecule has 1 aliphatic heterocycles. The van der Waals surface area contributed by atoms with Gasteiger partial charge in [0.2, 0.25) is 18.1 Å². The molecule has 2 aromatic heterocycles. The van der Waals surface area contributed by atoms with Crippen molar-refractivity contribution < 1.29 is 104 Å². The number of carboxylic acids is 1. The molecular formula is C47H60F3N6O18S+. The molecule has 10 N–H and O–H groups in total. The van der Waals surface area contributed by atoms with Crippen molar-refractivity contribution in [2.75, 3.05) is 58.1 Å². The molecule has 2 aliphatic rings. The van der Waals surface area contributed by atoms with Crippen LogP contribution in [-0.2, 0) is 71.8 Å². The standard InChI is InChI=1S/C47H59F3N6O18S/c1-26(57)9-13-69-15-17-71-18-16-70-14-10-36(58)52-11-7-37(59)53-34-19-27(5-6-35(34)73-46-43(64)41(62)42(63)44(74-46)45(65)66)24-55-12-8-32(22-29-20-30(40(61)39(29)60)25-72-75(51,67)68)56-38(55)23-33(54-56)28-3-2-4-31(21-28)47(48,49)50/h2-6,8,12,19,21,23,29-30,39-44,46,60-64H,7,9-11,13-18,20,22,24-25H2,1H3,(H4-,51,52,53,58,59,65,66,67,68)/p+1/t29-,30+,39-,40+,41-,42-,43+,44-,46+/m0/s1. The summed E-state index contributed by atoms with van der Waals surface area (Å²) in [5, 5.41) is 77.7. The van der Waals surface area contributed by atoms with E-state index in [-0.39, 0.29) is 87.1 Å². The Balaban J connectivity index is 1.20. The number of nitrogens with zero attached hydrogens (tertiary/aromatic N) is 3. The van der Waals surface area contributed by atoms with Gasteiger partial charge in [-0.2, -0.15) is 21.6 Å². The molecule has 1 saturated carbocycles. The number of aliphatic hydroxyl groups excluding tert-OH is 5. The van der Waals surface area contributed by atoms with E-state index in [0.29, 0.717) is 43.1 Å². The molecule has 0 spiro atoms. The summed E-state index contributed by atoms with van der Waals surface area (Å²) >= 11 is 0. The maximum atomic E-state index is 13.8. The van der Waals surface area contributed by atoms with E-state index >= 15 is 0 Å². The van der Waals surface area contributed by atoms with Crippen LogP contribution in [0.15, 0.2) is 60.8 Å². The summed E-state index contributed by atoms with van der Waals surface area (Å²) in [5.74, 6) is -4.41. The third-order valence-corrected chi connectivity index (χ3v) is 12.7. The van der Waals surface area contributed by atoms with Crippen LogP contribution < -0.4 is 25.1 Å². The van der Waals surface area contributed by atoms with Crippen molar-refractivity contribution in [3.05, 3.63) is 77.6 Å². The van der Waals surface area contributed by atoms with Crippen molar-refractivity contribution in [3.63, 3.8) is 0 Å². The average molecular weight is 1090 g/mol. The van der Waals surface area contributed by atoms with Crippen LogP contribution in [0.2, 0.25) is 0 Å². The van der Waals surface area contributed by atoms with Crippen LogP contribution in [0.3, 0.4) is 0 Å². The Kier molecular flexibility index (Phi) is 20.5. The number of aliphatic carboxylic acids is 1. The van der Waals surface area contributed by atoms with Gasteiger partial charge in [-0.25, -0.2) is 14.5 Å². The van der Waals surface area contributed by atoms with Gasteiger partial charge in [0.25, 0.3) is 0 Å². The second kappa shape index (κ2) is 26.3. The summed E-state index contributed by atoms with van der Waals surface area (Å²) in [4.78, 5) is 48.7. The van der Waals surface area contributed by atoms with Crippen molar-refractivity contribution >= 4 is 45.2 Å². The number of hydrogen-bond acceptors (Lipinski definition) is 18. The third kappa shape index (κ3) is 16.6. The van der Waals surface area contributed by atoms with E-state index in [1.807, 2.05) is 0 Å². The lowest BCUT2D eigenvalue weighted by Gasteiger charge is -2.38. The van der Waals surface area contributed by atoms with Gasteiger partial charge in [0.15, 0.2) is 6.10 Å². The Morgan fingerprint density at radius 2 is 1.52 bits per heavy atom. The van der Waals surface area contributed by atoms with Gasteiger partial charge in [-0.3, -0.25) is 18.6 Å². The van der Waals surface area contributed by atoms with Gasteiger partial charge in [-0.1, -0.05) is 23.3 Å². The number of halogens is 3. The monoisotopic (exact) mass is 1090 g/mol. The summed E-state index contributed by atoms with van der Waals surface area (Å²) in [5.41, 5.74) is 0.422. The number of nitrogens with one attached hydrogen (secondary N) is 2. The molecule has 4 aromatic rings. The Morgan fingerprint density at radius 3 is 2.19 bits per heavy atom. The zero-order valence-corrected chi connectivity index (χ0v) is 41.2. The minimum absolute atomic E-state index is 0.0223. The highest BCUT2D eigenvalue weighted by molar-refractivity contribution is 7.84. The summed E-state index contributed by atoms with van der Waals surface area (Å²) in [7, 11) is -4.36. The zero-order chi connectivity index (χ0) is 54.6. The molecule has 0 bridgehead atoms. The number of aromatic nitrogens is 3. The predicted molar refractivity (Wildman–Crippen MR) is 251 cm³/mol. The SMILES string of the molecule is CC(=O)CCOCCOCCOCCC(=O)NCCC(=O)Nc1cc(C[n+]2ccc(C[C@@H]3C[C@H](COS(N)(=O)=O)[C@@H](O)[C@H]3O)n3nc(-c4cccc(C(F)(F)F)c4)cc32)ccc1O[C@@H]1O[C@H](C(=O)O)[C@@H](O)[C@H](O)[C@H]1O. The minimum Gasteiger partial charge on any atom is -0.479 e. The number of ether oxygens (including phenoxy) is 5. The fourth-order valence-corrected chi connectivity index (χ4v) is 8.69. The van der Waals surface area contributed by atoms with Crippen molar-refractivity contribution in [3.8, 4) is 17.0 Å². The van der Waals surface area contributed by atoms with E-state index in [9.17, 15) is 71.4 Å². The van der Waals surface area contributed by atoms with E-state index in [2.05, 4.69) is 19.9 Å². The van der Waals surface area contributed by atoms with Crippen LogP contribution in [0, 0.1) is 11.8 Å². The first-order valence-corrected chi connectivity index (χ1v) is 25.1. The van der Waals surface area contributed by atoms with Crippen LogP contribution in [0.5, 0.6) is 5.75 Å². The van der Waals surface area contributed by atoms with Crippen molar-refractivity contribution in [2.45, 2.75) is 94.7 Å². The van der Waals surface area contributed by atoms with Crippen LogP contribution in [0.4, 0.5) is 18.9 Å². The number of benzene rings is 2. The Labute approximate surface area is 427 Å². The second-order valence-corrected chi connectivity index (χ2v) is 19.1. The van der Waals surface area contributed by atoms with Crippen molar-refractivity contribution in [1.29, 1.82) is 0 Å². The lowest BCUT2D eigenvalue weighted by Crippen LogP contribution is -2.61. The number of rotatable bonds is 27. The lowest BCUT2D eigenvalue weighted by atomic mass is 9.98. The van der Waals surface area contributed by atoms with Crippen LogP contribution in [0.25, 0.3) is 16.9 Å². The van der Waals surface area contributed by atoms with E-state index < -0.39 is 101 Å². The number of carboxylic acid groups (broad SMARTS) is 1. The van der Waals surface area contributed by atoms with E-state index in [1.165, 1.54) is 47.8 Å². The molecule has 412 valence electrons. The summed E-state index contributed by atoms with van der Waals surface area (Å²) in [6, 6.07) is 11.9. The van der Waals surface area contributed by atoms with Gasteiger partial charge in [-0.15, -0.1) is 4.52 Å². The molecule has 2 amide bonds. The van der Waals surface area contributed by atoms with Crippen molar-refractivity contribution in [2.24, 2.45) is 17.0 Å². The average Bonchev–Trinajstić information content (AvgIpc) is 3.92. The number of fused-ring (bicyclic) bond motifs is 1. The van der Waals surface area contributed by atoms with E-state index in [1.54, 1.807) is 16.8 Å². The zero-order valence-electron chi connectivity index (χ0n) is 40.4. The number of nitrogens with two attached hydrogens (primary N) is 1. The van der Waals surface area contributed by atoms with Gasteiger partial charge in [0.05, 0.1) is 82.0 Å². The number of alkyl halides is 3. The lowest BCUT2D eigenvalue weighted by molar-refractivity contribution is -0.665. The summed E-state index contributed by atoms with van der Waals surface area (Å²) in [6.07, 6.45) is -15.6. The van der Waals surface area contributed by atoms with E-state index in [4.69, 9.17) is 28.8 Å². The van der Waals surface area contributed by atoms with Gasteiger partial charge in [0, 0.05) is 49.8 Å². The number of hydrogen-bond donors (Lipinski definition) is 9. The summed E-state index contributed by atoms with van der Waals surface area (Å²) in [6.45, 7) is 2.23. The van der Waals surface area contributed by atoms with Gasteiger partial charge >= 0.3 is 28.1 Å². The van der Waals surface area contributed by atoms with Crippen LogP contribution in [0.1, 0.15) is 49.4 Å². The minimum atomic E-state index is -4.68. The Morgan fingerprint density at radius 1 is 0.840 bits per heavy atom. The molecule has 9 atom stereocenters. The quantitative estimate of drug-likeness (QED) is 0.0271. The molecule has 0 unspecified atom stereocenters. The molecule has 2 aromatic carbocycles. The van der Waals surface area contributed by atoms with Crippen molar-refractivity contribution in [1.82, 2.24) is 14.9 Å². The number of Topliss-reactive ketones (excluding diaryl/α,β-unsaturated/α-hetero) is 1. The smallest absolute Gasteiger partial charge is 0.416 e. The number of aliphatic hydroxyl groups is 5. The number of carbonyl (C=O) groups is 4. The molecule has 1 saturated heterocycles. The fraction of sp³-hybridized carbons (Fsp3) is 0.532. The highest BCUT2D eigenvalue weighted by Gasteiger charge is 2.48. The maximum absolute atomic E-state index is 13.8. The number of anilines is 1. The number of carbonyl (C=O) groups excluding carboxylic acids is 3. The second-order valence-electron chi connectivity index (χ2n) is 17.9. The topological polar surface area (TPSA) is 350 Å². The van der Waals surface area contributed by atoms with E-state index in [0.717, 1.165) is 12.1 Å². The molecule has 1 aliphatic carbocycles. The highest BCUT2D eigenvalue weighted by atomic mass is 32.2. The fourth-order valence-electron chi connectivity index (χ4n) is 8.33. The first-order valence-electron chi connectivity index (χ1n) is 23.6. The molecule has 6 rings (SSSR count). The molecule has 3 heterocycles. The molecule has 24 nitrogen and oxygen atoms in total. The molecular weight excluding hydrogens is 1030 g/mol. The summed E-state index contributed by atoms with van der Waals surface area (Å²) < 4.78 is 99.4. The van der Waals surface area contributed by atoms with Crippen LogP contribution >= 0.6 is 0 Å². The first-order chi connectivity index (χ1) is 35.5. The van der Waals surface area contributed by atoms with Gasteiger partial charge < -0.3 is 65.0 Å². The molecule has 28 heteroatoms. The molecule has 2 fully saturated rings. The van der Waals surface area contributed by atoms with Gasteiger partial charge in [0.1, 0.15) is 47.8 Å². The normalized spacial score (nSPS) is 23.0. The Bertz CT molecular complexity index is 2730. The number of amides is 2.